The van der Waals surface area contributed by atoms with Gasteiger partial charge in [0.2, 0.25) is 6.79 Å². The molecule has 3 aromatic rings. The Kier molecular flexibility index (Phi) is 5.73. The first-order chi connectivity index (χ1) is 15.0. The summed E-state index contributed by atoms with van der Waals surface area (Å²) < 4.78 is 21.3. The van der Waals surface area contributed by atoms with Gasteiger partial charge < -0.3 is 29.2 Å². The lowest BCUT2D eigenvalue weighted by molar-refractivity contribution is -0.132. The van der Waals surface area contributed by atoms with Crippen molar-refractivity contribution in [2.24, 2.45) is 0 Å². The van der Waals surface area contributed by atoms with Crippen LogP contribution < -0.4 is 18.9 Å². The predicted molar refractivity (Wildman–Crippen MR) is 116 cm³/mol. The number of methoxy groups -OCH3 is 2. The molecule has 8 heteroatoms. The van der Waals surface area contributed by atoms with Crippen molar-refractivity contribution in [2.75, 3.05) is 21.0 Å². The average Bonchev–Trinajstić information content (AvgIpc) is 3.41. The van der Waals surface area contributed by atoms with Crippen LogP contribution in [0.3, 0.4) is 0 Å². The largest absolute Gasteiger partial charge is 0.507 e. The number of rotatable bonds is 7. The van der Waals surface area contributed by atoms with Gasteiger partial charge in [0.25, 0.3) is 0 Å². The molecule has 31 heavy (non-hydrogen) atoms. The summed E-state index contributed by atoms with van der Waals surface area (Å²) in [4.78, 5) is 12.8. The molecule has 2 N–H and O–H groups in total. The lowest BCUT2D eigenvalue weighted by atomic mass is 10.00. The summed E-state index contributed by atoms with van der Waals surface area (Å²) >= 11 is 1.39. The average molecular weight is 440 g/mol. The van der Waals surface area contributed by atoms with Crippen molar-refractivity contribution < 1.29 is 34.0 Å². The summed E-state index contributed by atoms with van der Waals surface area (Å²) in [5.41, 5.74) is 2.18. The molecule has 0 aliphatic carbocycles. The predicted octanol–water partition coefficient (Wildman–Crippen LogP) is 4.58. The minimum Gasteiger partial charge on any atom is -0.507 e. The molecule has 0 radical (unpaired) electrons. The number of aromatic hydroxyl groups is 1. The Hall–Kier alpha value is -3.65. The normalized spacial score (nSPS) is 12.6. The van der Waals surface area contributed by atoms with E-state index < -0.39 is 5.97 Å². The van der Waals surface area contributed by atoms with Crippen molar-refractivity contribution in [3.8, 4) is 39.9 Å². The van der Waals surface area contributed by atoms with Crippen molar-refractivity contribution in [3.05, 3.63) is 57.8 Å². The molecule has 0 unspecified atom stereocenters. The van der Waals surface area contributed by atoms with Crippen molar-refractivity contribution in [1.82, 2.24) is 0 Å². The van der Waals surface area contributed by atoms with E-state index >= 15 is 0 Å². The molecule has 2 heterocycles. The number of phenolic OH excluding ortho intramolecular Hbond substituents is 1. The molecular formula is C23H20O7S. The molecule has 0 amide bonds. The number of carboxylic acids is 1. The van der Waals surface area contributed by atoms with Gasteiger partial charge >= 0.3 is 5.97 Å². The van der Waals surface area contributed by atoms with Gasteiger partial charge in [0.1, 0.15) is 17.2 Å². The Labute approximate surface area is 182 Å². The zero-order chi connectivity index (χ0) is 22.0. The highest BCUT2D eigenvalue weighted by Gasteiger charge is 2.21. The molecule has 7 nitrogen and oxygen atoms in total. The standard InChI is InChI=1S/C23H20O7S/c1-27-15-3-4-16(18(24)10-15)17-5-6-31-22(17)9-14(23(25)26)7-13-8-20-21(30-12-29-20)11-19(13)28-2/h3-6,8-11,24H,7,12H2,1-2H3,(H,25,26)/b14-9+. The summed E-state index contributed by atoms with van der Waals surface area (Å²) in [6.45, 7) is 0.119. The Morgan fingerprint density at radius 3 is 2.55 bits per heavy atom. The molecule has 1 aliphatic rings. The fraction of sp³-hybridized carbons (Fsp3) is 0.174. The van der Waals surface area contributed by atoms with E-state index in [1.807, 2.05) is 11.4 Å². The number of phenols is 1. The number of carboxylic acid groups (broad SMARTS) is 1. The van der Waals surface area contributed by atoms with Crippen LogP contribution in [0.25, 0.3) is 17.2 Å². The first-order valence-electron chi connectivity index (χ1n) is 9.35. The van der Waals surface area contributed by atoms with Crippen LogP contribution in [-0.2, 0) is 11.2 Å². The van der Waals surface area contributed by atoms with Gasteiger partial charge in [-0.2, -0.15) is 0 Å². The van der Waals surface area contributed by atoms with Crippen LogP contribution >= 0.6 is 11.3 Å². The van der Waals surface area contributed by atoms with Crippen LogP contribution in [0.15, 0.2) is 47.4 Å². The van der Waals surface area contributed by atoms with Gasteiger partial charge in [-0.3, -0.25) is 0 Å². The van der Waals surface area contributed by atoms with Gasteiger partial charge in [0.15, 0.2) is 11.5 Å². The first kappa shape index (κ1) is 20.6. The highest BCUT2D eigenvalue weighted by atomic mass is 32.1. The van der Waals surface area contributed by atoms with Gasteiger partial charge in [0, 0.05) is 45.7 Å². The second-order valence-electron chi connectivity index (χ2n) is 6.75. The van der Waals surface area contributed by atoms with E-state index in [0.29, 0.717) is 34.1 Å². The van der Waals surface area contributed by atoms with Gasteiger partial charge in [-0.05, 0) is 35.7 Å². The van der Waals surface area contributed by atoms with Crippen LogP contribution in [0.4, 0.5) is 0 Å². The molecule has 4 rings (SSSR count). The molecule has 0 saturated heterocycles. The molecule has 0 fully saturated rings. The SMILES string of the molecule is COc1ccc(-c2ccsc2/C=C(\Cc2cc3c(cc2OC)OCO3)C(=O)O)c(O)c1. The van der Waals surface area contributed by atoms with E-state index in [1.165, 1.54) is 31.6 Å². The number of benzene rings is 2. The molecule has 2 aromatic carbocycles. The smallest absolute Gasteiger partial charge is 0.331 e. The molecule has 0 spiro atoms. The second kappa shape index (κ2) is 8.61. The lowest BCUT2D eigenvalue weighted by Gasteiger charge is -2.11. The molecule has 1 aromatic heterocycles. The zero-order valence-corrected chi connectivity index (χ0v) is 17.7. The number of hydrogen-bond donors (Lipinski definition) is 2. The fourth-order valence-electron chi connectivity index (χ4n) is 3.37. The van der Waals surface area contributed by atoms with Crippen molar-refractivity contribution in [1.29, 1.82) is 0 Å². The molecule has 0 saturated carbocycles. The lowest BCUT2D eigenvalue weighted by Crippen LogP contribution is -2.05. The molecular weight excluding hydrogens is 420 g/mol. The molecule has 1 aliphatic heterocycles. The first-order valence-corrected chi connectivity index (χ1v) is 10.2. The van der Waals surface area contributed by atoms with E-state index in [1.54, 1.807) is 30.3 Å². The van der Waals surface area contributed by atoms with E-state index in [0.717, 1.165) is 10.4 Å². The van der Waals surface area contributed by atoms with Crippen molar-refractivity contribution in [2.45, 2.75) is 6.42 Å². The van der Waals surface area contributed by atoms with Crippen molar-refractivity contribution >= 4 is 23.4 Å². The Morgan fingerprint density at radius 2 is 1.87 bits per heavy atom. The minimum absolute atomic E-state index is 0.0571. The third-order valence-electron chi connectivity index (χ3n) is 4.93. The Bertz CT molecular complexity index is 1160. The van der Waals surface area contributed by atoms with E-state index in [4.69, 9.17) is 18.9 Å². The minimum atomic E-state index is -1.04. The zero-order valence-electron chi connectivity index (χ0n) is 16.9. The van der Waals surface area contributed by atoms with E-state index in [9.17, 15) is 15.0 Å². The van der Waals surface area contributed by atoms with Gasteiger partial charge in [-0.25, -0.2) is 4.79 Å². The van der Waals surface area contributed by atoms with Crippen LogP contribution in [0.1, 0.15) is 10.4 Å². The summed E-state index contributed by atoms with van der Waals surface area (Å²) in [7, 11) is 3.05. The van der Waals surface area contributed by atoms with Crippen LogP contribution in [0.2, 0.25) is 0 Å². The topological polar surface area (TPSA) is 94.5 Å². The third-order valence-corrected chi connectivity index (χ3v) is 5.79. The maximum atomic E-state index is 12.0. The summed E-state index contributed by atoms with van der Waals surface area (Å²) in [6, 6.07) is 10.3. The fourth-order valence-corrected chi connectivity index (χ4v) is 4.23. The van der Waals surface area contributed by atoms with Gasteiger partial charge in [-0.1, -0.05) is 0 Å². The number of fused-ring (bicyclic) bond motifs is 1. The molecule has 0 bridgehead atoms. The maximum Gasteiger partial charge on any atom is 0.331 e. The number of carbonyl (C=O) groups is 1. The number of ether oxygens (including phenoxy) is 4. The number of aliphatic carboxylic acids is 1. The quantitative estimate of drug-likeness (QED) is 0.520. The number of thiophene rings is 1. The Balaban J connectivity index is 1.71. The third kappa shape index (κ3) is 4.15. The van der Waals surface area contributed by atoms with Crippen molar-refractivity contribution in [3.63, 3.8) is 0 Å². The highest BCUT2D eigenvalue weighted by Crippen LogP contribution is 2.40. The number of hydrogen-bond acceptors (Lipinski definition) is 7. The maximum absolute atomic E-state index is 12.0. The summed E-state index contributed by atoms with van der Waals surface area (Å²) in [5, 5.41) is 22.1. The monoisotopic (exact) mass is 440 g/mol. The van der Waals surface area contributed by atoms with Gasteiger partial charge in [0.05, 0.1) is 14.2 Å². The highest BCUT2D eigenvalue weighted by molar-refractivity contribution is 7.11. The molecule has 160 valence electrons. The van der Waals surface area contributed by atoms with Crippen LogP contribution in [-0.4, -0.2) is 37.2 Å². The van der Waals surface area contributed by atoms with E-state index in [2.05, 4.69) is 0 Å². The Morgan fingerprint density at radius 1 is 1.10 bits per heavy atom. The molecule has 0 atom stereocenters. The van der Waals surface area contributed by atoms with Gasteiger partial charge in [-0.15, -0.1) is 11.3 Å². The second-order valence-corrected chi connectivity index (χ2v) is 7.70. The van der Waals surface area contributed by atoms with Crippen LogP contribution in [0, 0.1) is 0 Å². The van der Waals surface area contributed by atoms with Crippen LogP contribution in [0.5, 0.6) is 28.7 Å². The van der Waals surface area contributed by atoms with E-state index in [-0.39, 0.29) is 24.5 Å². The summed E-state index contributed by atoms with van der Waals surface area (Å²) in [6.07, 6.45) is 1.75. The summed E-state index contributed by atoms with van der Waals surface area (Å²) in [5.74, 6) is 1.20.